The molecule has 0 fully saturated rings. The highest BCUT2D eigenvalue weighted by Gasteiger charge is 2.33. The van der Waals surface area contributed by atoms with Gasteiger partial charge >= 0.3 is 5.97 Å². The summed E-state index contributed by atoms with van der Waals surface area (Å²) in [5, 5.41) is 16.7. The zero-order valence-corrected chi connectivity index (χ0v) is 18.3. The van der Waals surface area contributed by atoms with Crippen molar-refractivity contribution >= 4 is 23.6 Å². The Labute approximate surface area is 176 Å². The molecule has 0 saturated heterocycles. The Bertz CT molecular complexity index is 585. The number of halogens is 2. The van der Waals surface area contributed by atoms with Gasteiger partial charge in [0.2, 0.25) is 18.2 Å². The summed E-state index contributed by atoms with van der Waals surface area (Å²) in [6.07, 6.45) is -1.67. The van der Waals surface area contributed by atoms with E-state index in [1.54, 1.807) is 0 Å². The van der Waals surface area contributed by atoms with Gasteiger partial charge in [-0.25, -0.2) is 13.6 Å². The Balaban J connectivity index is 5.42. The van der Waals surface area contributed by atoms with Gasteiger partial charge in [-0.05, 0) is 18.8 Å². The molecule has 3 atom stereocenters. The number of aliphatic carboxylic acids is 1. The lowest BCUT2D eigenvalue weighted by Crippen LogP contribution is -2.56. The Hall–Kier alpha value is -2.10. The van der Waals surface area contributed by atoms with Gasteiger partial charge in [0.05, 0.1) is 6.04 Å². The average molecular weight is 436 g/mol. The van der Waals surface area contributed by atoms with Crippen LogP contribution in [-0.2, 0) is 19.2 Å². The van der Waals surface area contributed by atoms with Crippen LogP contribution in [0.5, 0.6) is 0 Å². The van der Waals surface area contributed by atoms with Gasteiger partial charge in [0.15, 0.2) is 0 Å². The maximum Gasteiger partial charge on any atom is 0.374 e. The second-order valence-electron chi connectivity index (χ2n) is 8.06. The molecule has 0 aromatic heterocycles. The molecule has 0 bridgehead atoms. The molecular weight excluding hydrogens is 400 g/mol. The predicted octanol–water partition coefficient (Wildman–Crippen LogP) is 1.87. The molecule has 3 unspecified atom stereocenters. The summed E-state index contributed by atoms with van der Waals surface area (Å²) >= 11 is 0. The third kappa shape index (κ3) is 11.2. The van der Waals surface area contributed by atoms with E-state index in [0.29, 0.717) is 6.42 Å². The van der Waals surface area contributed by atoms with E-state index in [1.165, 1.54) is 0 Å². The highest BCUT2D eigenvalue weighted by molar-refractivity contribution is 6.35. The van der Waals surface area contributed by atoms with E-state index in [4.69, 9.17) is 5.11 Å². The van der Waals surface area contributed by atoms with E-state index in [1.807, 2.05) is 34.6 Å². The number of amides is 2. The van der Waals surface area contributed by atoms with Gasteiger partial charge in [0.1, 0.15) is 12.1 Å². The number of ketones is 1. The lowest BCUT2D eigenvalue weighted by molar-refractivity contribution is -0.151. The van der Waals surface area contributed by atoms with Gasteiger partial charge in [0, 0.05) is 12.5 Å². The third-order valence-electron chi connectivity index (χ3n) is 4.30. The molecule has 0 aromatic rings. The van der Waals surface area contributed by atoms with Gasteiger partial charge in [-0.2, -0.15) is 0 Å². The molecule has 10 heteroatoms. The van der Waals surface area contributed by atoms with Crippen LogP contribution in [0, 0.1) is 5.92 Å². The van der Waals surface area contributed by atoms with Crippen molar-refractivity contribution in [3.05, 3.63) is 0 Å². The van der Waals surface area contributed by atoms with E-state index in [2.05, 4.69) is 16.0 Å². The standard InChI is InChI=1S/C20H35F2N3O5/c1-6-7-8-13(23-12(4)5)18(27)25-15(9-11(2)3)19(28)24-14(10-16(21)22)17(26)20(29)30/h11-16,23H,6-10H2,1-5H3,(H,24,28)(H,25,27)(H,29,30). The molecular formula is C20H35F2N3O5. The van der Waals surface area contributed by atoms with Gasteiger partial charge in [-0.1, -0.05) is 47.5 Å². The van der Waals surface area contributed by atoms with Crippen molar-refractivity contribution in [2.24, 2.45) is 5.92 Å². The molecule has 174 valence electrons. The van der Waals surface area contributed by atoms with Crippen LogP contribution in [0.4, 0.5) is 8.78 Å². The first-order chi connectivity index (χ1) is 13.9. The van der Waals surface area contributed by atoms with Gasteiger partial charge in [-0.3, -0.25) is 14.4 Å². The largest absolute Gasteiger partial charge is 0.475 e. The van der Waals surface area contributed by atoms with Crippen LogP contribution in [0.25, 0.3) is 0 Å². The molecule has 0 aliphatic rings. The minimum Gasteiger partial charge on any atom is -0.475 e. The normalized spacial score (nSPS) is 14.5. The van der Waals surface area contributed by atoms with Crippen LogP contribution in [0.15, 0.2) is 0 Å². The summed E-state index contributed by atoms with van der Waals surface area (Å²) < 4.78 is 25.5. The summed E-state index contributed by atoms with van der Waals surface area (Å²) in [5.41, 5.74) is 0. The first kappa shape index (κ1) is 27.9. The van der Waals surface area contributed by atoms with Crippen molar-refractivity contribution in [2.75, 3.05) is 0 Å². The molecule has 0 radical (unpaired) electrons. The fourth-order valence-corrected chi connectivity index (χ4v) is 2.91. The molecule has 0 aromatic carbocycles. The van der Waals surface area contributed by atoms with Gasteiger partial charge in [-0.15, -0.1) is 0 Å². The Morgan fingerprint density at radius 2 is 1.40 bits per heavy atom. The number of nitrogens with one attached hydrogen (secondary N) is 3. The third-order valence-corrected chi connectivity index (χ3v) is 4.30. The van der Waals surface area contributed by atoms with Crippen molar-refractivity contribution < 1.29 is 33.1 Å². The van der Waals surface area contributed by atoms with Crippen LogP contribution >= 0.6 is 0 Å². The highest BCUT2D eigenvalue weighted by atomic mass is 19.3. The molecule has 0 aliphatic heterocycles. The molecule has 2 amide bonds. The number of hydrogen-bond acceptors (Lipinski definition) is 5. The number of rotatable bonds is 15. The number of carbonyl (C=O) groups excluding carboxylic acids is 3. The Kier molecular flexibility index (Phi) is 13.0. The maximum atomic E-state index is 12.8. The van der Waals surface area contributed by atoms with Crippen molar-refractivity contribution in [1.82, 2.24) is 16.0 Å². The minimum absolute atomic E-state index is 0.0265. The highest BCUT2D eigenvalue weighted by Crippen LogP contribution is 2.10. The predicted molar refractivity (Wildman–Crippen MR) is 108 cm³/mol. The average Bonchev–Trinajstić information content (AvgIpc) is 2.61. The molecule has 0 heterocycles. The molecule has 0 rings (SSSR count). The minimum atomic E-state index is -2.98. The van der Waals surface area contributed by atoms with Crippen LogP contribution in [-0.4, -0.2) is 59.3 Å². The molecule has 4 N–H and O–H groups in total. The number of unbranched alkanes of at least 4 members (excludes halogenated alkanes) is 1. The summed E-state index contributed by atoms with van der Waals surface area (Å²) in [6.45, 7) is 9.38. The van der Waals surface area contributed by atoms with Crippen molar-refractivity contribution in [3.63, 3.8) is 0 Å². The Morgan fingerprint density at radius 1 is 0.867 bits per heavy atom. The number of carboxylic acid groups (broad SMARTS) is 1. The summed E-state index contributed by atoms with van der Waals surface area (Å²) in [4.78, 5) is 48.0. The fourth-order valence-electron chi connectivity index (χ4n) is 2.91. The number of alkyl halides is 2. The molecule has 8 nitrogen and oxygen atoms in total. The summed E-state index contributed by atoms with van der Waals surface area (Å²) in [5.74, 6) is -4.74. The van der Waals surface area contributed by atoms with E-state index >= 15 is 0 Å². The zero-order valence-electron chi connectivity index (χ0n) is 18.3. The summed E-state index contributed by atoms with van der Waals surface area (Å²) in [6, 6.07) is -3.47. The van der Waals surface area contributed by atoms with Crippen LogP contribution in [0.1, 0.15) is 66.7 Å². The SMILES string of the molecule is CCCCC(NC(C)C)C(=O)NC(CC(C)C)C(=O)NC(CC(F)F)C(=O)C(=O)O. The molecule has 0 saturated carbocycles. The second kappa shape index (κ2) is 14.0. The molecule has 30 heavy (non-hydrogen) atoms. The van der Waals surface area contributed by atoms with Gasteiger partial charge in [0.25, 0.3) is 5.78 Å². The van der Waals surface area contributed by atoms with Crippen molar-refractivity contribution in [2.45, 2.75) is 97.3 Å². The topological polar surface area (TPSA) is 125 Å². The van der Waals surface area contributed by atoms with E-state index in [-0.39, 0.29) is 18.4 Å². The van der Waals surface area contributed by atoms with Crippen molar-refractivity contribution in [1.29, 1.82) is 0 Å². The maximum absolute atomic E-state index is 12.8. The van der Waals surface area contributed by atoms with Crippen LogP contribution in [0.2, 0.25) is 0 Å². The fraction of sp³-hybridized carbons (Fsp3) is 0.800. The lowest BCUT2D eigenvalue weighted by Gasteiger charge is -2.26. The van der Waals surface area contributed by atoms with E-state index in [0.717, 1.165) is 12.8 Å². The van der Waals surface area contributed by atoms with Crippen LogP contribution < -0.4 is 16.0 Å². The Morgan fingerprint density at radius 3 is 1.83 bits per heavy atom. The number of carbonyl (C=O) groups is 4. The number of carboxylic acids is 1. The van der Waals surface area contributed by atoms with Crippen LogP contribution in [0.3, 0.4) is 0 Å². The van der Waals surface area contributed by atoms with E-state index < -0.39 is 54.5 Å². The number of hydrogen-bond donors (Lipinski definition) is 4. The zero-order chi connectivity index (χ0) is 23.4. The summed E-state index contributed by atoms with van der Waals surface area (Å²) in [7, 11) is 0. The quantitative estimate of drug-likeness (QED) is 0.291. The first-order valence-corrected chi connectivity index (χ1v) is 10.3. The van der Waals surface area contributed by atoms with Crippen molar-refractivity contribution in [3.8, 4) is 0 Å². The second-order valence-corrected chi connectivity index (χ2v) is 8.06. The lowest BCUT2D eigenvalue weighted by atomic mass is 10.0. The van der Waals surface area contributed by atoms with E-state index in [9.17, 15) is 28.0 Å². The smallest absolute Gasteiger partial charge is 0.374 e. The first-order valence-electron chi connectivity index (χ1n) is 10.3. The monoisotopic (exact) mass is 435 g/mol. The van der Waals surface area contributed by atoms with Gasteiger partial charge < -0.3 is 21.1 Å². The molecule has 0 aliphatic carbocycles. The number of Topliss-reactive ketones (excluding diaryl/α,β-unsaturated/α-hetero) is 1. The molecule has 0 spiro atoms.